The Kier molecular flexibility index (Phi) is 13.3. The van der Waals surface area contributed by atoms with E-state index in [0.717, 1.165) is 28.3 Å². The highest BCUT2D eigenvalue weighted by atomic mass is 35.5. The summed E-state index contributed by atoms with van der Waals surface area (Å²) in [5, 5.41) is 3.37. The number of halogens is 1. The summed E-state index contributed by atoms with van der Waals surface area (Å²) in [4.78, 5) is 29.9. The normalized spacial score (nSPS) is 11.8. The lowest BCUT2D eigenvalue weighted by atomic mass is 10.0. The molecule has 0 fully saturated rings. The molecule has 4 aromatic carbocycles. The van der Waals surface area contributed by atoms with Crippen molar-refractivity contribution in [3.05, 3.63) is 119 Å². The predicted molar refractivity (Wildman–Crippen MR) is 189 cm³/mol. The first-order chi connectivity index (χ1) is 23.2. The lowest BCUT2D eigenvalue weighted by Gasteiger charge is -2.34. The van der Waals surface area contributed by atoms with Crippen molar-refractivity contribution < 1.29 is 27.5 Å². The van der Waals surface area contributed by atoms with Crippen molar-refractivity contribution in [2.75, 3.05) is 31.1 Å². The smallest absolute Gasteiger partial charge is 0.264 e. The van der Waals surface area contributed by atoms with Crippen molar-refractivity contribution in [2.24, 2.45) is 0 Å². The molecular weight excluding hydrogens is 650 g/mol. The molecule has 0 unspecified atom stereocenters. The minimum absolute atomic E-state index is 0.0346. The van der Waals surface area contributed by atoms with Gasteiger partial charge in [-0.2, -0.15) is 0 Å². The molecule has 2 amide bonds. The molecule has 0 bridgehead atoms. The topological polar surface area (TPSA) is 105 Å². The zero-order valence-corrected chi connectivity index (χ0v) is 29.0. The van der Waals surface area contributed by atoms with Crippen LogP contribution >= 0.6 is 11.6 Å². The first kappa shape index (κ1) is 36.3. The number of carbonyl (C=O) groups excluding carboxylic acids is 2. The number of ether oxygens (including phenoxy) is 2. The summed E-state index contributed by atoms with van der Waals surface area (Å²) < 4.78 is 40.5. The number of nitrogens with one attached hydrogen (secondary N) is 1. The van der Waals surface area contributed by atoms with Crippen molar-refractivity contribution in [3.63, 3.8) is 0 Å². The van der Waals surface area contributed by atoms with Gasteiger partial charge in [0, 0.05) is 24.5 Å². The number of nitrogens with zero attached hydrogens (tertiary/aromatic N) is 2. The van der Waals surface area contributed by atoms with Crippen molar-refractivity contribution in [3.8, 4) is 11.5 Å². The van der Waals surface area contributed by atoms with Gasteiger partial charge in [-0.15, -0.1) is 0 Å². The molecule has 254 valence electrons. The van der Waals surface area contributed by atoms with Gasteiger partial charge in [-0.25, -0.2) is 8.42 Å². The lowest BCUT2D eigenvalue weighted by Crippen LogP contribution is -2.53. The molecule has 0 heterocycles. The van der Waals surface area contributed by atoms with Crippen LogP contribution in [0.3, 0.4) is 0 Å². The molecule has 0 saturated carbocycles. The molecule has 4 aromatic rings. The lowest BCUT2D eigenvalue weighted by molar-refractivity contribution is -0.140. The Bertz CT molecular complexity index is 1740. The summed E-state index contributed by atoms with van der Waals surface area (Å²) in [6.45, 7) is 4.23. The van der Waals surface area contributed by atoms with Gasteiger partial charge in [0.25, 0.3) is 10.0 Å². The summed E-state index contributed by atoms with van der Waals surface area (Å²) in [5.74, 6) is 0.267. The van der Waals surface area contributed by atoms with E-state index in [1.807, 2.05) is 56.3 Å². The minimum atomic E-state index is -4.26. The summed E-state index contributed by atoms with van der Waals surface area (Å²) in [5.41, 5.74) is 1.83. The Morgan fingerprint density at radius 2 is 1.54 bits per heavy atom. The zero-order valence-electron chi connectivity index (χ0n) is 27.5. The average Bonchev–Trinajstić information content (AvgIpc) is 3.10. The van der Waals surface area contributed by atoms with Crippen LogP contribution in [0.5, 0.6) is 11.5 Å². The van der Waals surface area contributed by atoms with Crippen LogP contribution in [0, 0.1) is 0 Å². The first-order valence-corrected chi connectivity index (χ1v) is 17.7. The Labute approximate surface area is 288 Å². The molecular formula is C37H42ClN3O6S. The SMILES string of the molecule is CCCCNC(=O)[C@H](Cc1ccccc1)N(Cc1cccc(OC)c1)C(=O)CN(c1ccc(OCC)cc1)S(=O)(=O)c1ccc(Cl)cc1. The monoisotopic (exact) mass is 691 g/mol. The fourth-order valence-electron chi connectivity index (χ4n) is 5.17. The maximum atomic E-state index is 14.6. The zero-order chi connectivity index (χ0) is 34.5. The van der Waals surface area contributed by atoms with Gasteiger partial charge in [0.1, 0.15) is 24.1 Å². The number of sulfonamides is 1. The number of methoxy groups -OCH3 is 1. The molecule has 4 rings (SSSR count). The molecule has 0 saturated heterocycles. The molecule has 0 aliphatic rings. The average molecular weight is 692 g/mol. The molecule has 48 heavy (non-hydrogen) atoms. The molecule has 0 aliphatic heterocycles. The number of amides is 2. The quantitative estimate of drug-likeness (QED) is 0.127. The number of rotatable bonds is 17. The number of unbranched alkanes of at least 4 members (excludes halogenated alkanes) is 1. The molecule has 1 atom stereocenters. The summed E-state index contributed by atoms with van der Waals surface area (Å²) >= 11 is 6.08. The number of anilines is 1. The van der Waals surface area contributed by atoms with E-state index in [9.17, 15) is 18.0 Å². The molecule has 11 heteroatoms. The fourth-order valence-corrected chi connectivity index (χ4v) is 6.71. The van der Waals surface area contributed by atoms with Crippen LogP contribution in [0.4, 0.5) is 5.69 Å². The van der Waals surface area contributed by atoms with E-state index in [0.29, 0.717) is 29.7 Å². The van der Waals surface area contributed by atoms with Crippen LogP contribution < -0.4 is 19.1 Å². The van der Waals surface area contributed by atoms with E-state index in [1.54, 1.807) is 43.5 Å². The second-order valence-corrected chi connectivity index (χ2v) is 13.4. The van der Waals surface area contributed by atoms with Crippen LogP contribution in [0.2, 0.25) is 5.02 Å². The summed E-state index contributed by atoms with van der Waals surface area (Å²) in [6, 6.07) is 28.0. The highest BCUT2D eigenvalue weighted by molar-refractivity contribution is 7.92. The Hall–Kier alpha value is -4.54. The van der Waals surface area contributed by atoms with E-state index >= 15 is 0 Å². The maximum absolute atomic E-state index is 14.6. The maximum Gasteiger partial charge on any atom is 0.264 e. The molecule has 0 spiro atoms. The van der Waals surface area contributed by atoms with Gasteiger partial charge < -0.3 is 19.7 Å². The molecule has 1 N–H and O–H groups in total. The van der Waals surface area contributed by atoms with Gasteiger partial charge in [-0.05, 0) is 85.1 Å². The van der Waals surface area contributed by atoms with E-state index in [1.165, 1.54) is 29.2 Å². The molecule has 9 nitrogen and oxygen atoms in total. The second-order valence-electron chi connectivity index (χ2n) is 11.1. The van der Waals surface area contributed by atoms with Crippen molar-refractivity contribution in [1.29, 1.82) is 0 Å². The fraction of sp³-hybridized carbons (Fsp3) is 0.297. The van der Waals surface area contributed by atoms with Gasteiger partial charge in [0.15, 0.2) is 0 Å². The molecule has 0 radical (unpaired) electrons. The molecule has 0 aromatic heterocycles. The third kappa shape index (κ3) is 9.74. The summed E-state index contributed by atoms with van der Waals surface area (Å²) in [7, 11) is -2.71. The summed E-state index contributed by atoms with van der Waals surface area (Å²) in [6.07, 6.45) is 1.88. The standard InChI is InChI=1S/C37H42ClN3O6S/c1-4-6-23-39-37(43)35(25-28-11-8-7-9-12-28)40(26-29-13-10-14-33(24-29)46-3)36(42)27-41(31-17-19-32(20-18-31)47-5-2)48(44,45)34-21-15-30(38)16-22-34/h7-22,24,35H,4-6,23,25-27H2,1-3H3,(H,39,43)/t35-/m0/s1. The van der Waals surface area contributed by atoms with Crippen LogP contribution in [0.25, 0.3) is 0 Å². The first-order valence-electron chi connectivity index (χ1n) is 15.9. The van der Waals surface area contributed by atoms with E-state index in [-0.39, 0.29) is 29.5 Å². The van der Waals surface area contributed by atoms with Crippen molar-refractivity contribution >= 4 is 39.1 Å². The van der Waals surface area contributed by atoms with Gasteiger partial charge in [0.05, 0.1) is 24.3 Å². The Morgan fingerprint density at radius 1 is 0.854 bits per heavy atom. The number of benzene rings is 4. The van der Waals surface area contributed by atoms with E-state index in [2.05, 4.69) is 5.32 Å². The van der Waals surface area contributed by atoms with Crippen molar-refractivity contribution in [2.45, 2.75) is 50.6 Å². The minimum Gasteiger partial charge on any atom is -0.497 e. The van der Waals surface area contributed by atoms with Crippen molar-refractivity contribution in [1.82, 2.24) is 10.2 Å². The van der Waals surface area contributed by atoms with Crippen LogP contribution in [0.1, 0.15) is 37.8 Å². The largest absolute Gasteiger partial charge is 0.497 e. The number of hydrogen-bond acceptors (Lipinski definition) is 6. The Morgan fingerprint density at radius 3 is 2.19 bits per heavy atom. The van der Waals surface area contributed by atoms with E-state index < -0.39 is 28.5 Å². The van der Waals surface area contributed by atoms with E-state index in [4.69, 9.17) is 21.1 Å². The van der Waals surface area contributed by atoms with Gasteiger partial charge >= 0.3 is 0 Å². The Balaban J connectivity index is 1.80. The second kappa shape index (κ2) is 17.6. The third-order valence-corrected chi connectivity index (χ3v) is 9.74. The van der Waals surface area contributed by atoms with Gasteiger partial charge in [0.2, 0.25) is 11.8 Å². The van der Waals surface area contributed by atoms with Crippen LogP contribution in [-0.4, -0.2) is 58.0 Å². The van der Waals surface area contributed by atoms with Gasteiger partial charge in [-0.1, -0.05) is 67.4 Å². The number of carbonyl (C=O) groups is 2. The third-order valence-electron chi connectivity index (χ3n) is 7.70. The van der Waals surface area contributed by atoms with Gasteiger partial charge in [-0.3, -0.25) is 13.9 Å². The predicted octanol–water partition coefficient (Wildman–Crippen LogP) is 6.50. The number of hydrogen-bond donors (Lipinski definition) is 1. The molecule has 0 aliphatic carbocycles. The highest BCUT2D eigenvalue weighted by Gasteiger charge is 2.34. The van der Waals surface area contributed by atoms with Crippen LogP contribution in [0.15, 0.2) is 108 Å². The highest BCUT2D eigenvalue weighted by Crippen LogP contribution is 2.28. The van der Waals surface area contributed by atoms with Crippen LogP contribution in [-0.2, 0) is 32.6 Å².